The van der Waals surface area contributed by atoms with Gasteiger partial charge in [-0.2, -0.15) is 0 Å². The summed E-state index contributed by atoms with van der Waals surface area (Å²) in [6.07, 6.45) is 0. The predicted octanol–water partition coefficient (Wildman–Crippen LogP) is 2.87. The van der Waals surface area contributed by atoms with Gasteiger partial charge in [-0.25, -0.2) is 8.42 Å². The molecular formula is C20H20N4O4S3. The van der Waals surface area contributed by atoms with E-state index in [2.05, 4.69) is 20.9 Å². The van der Waals surface area contributed by atoms with Crippen molar-refractivity contribution in [2.24, 2.45) is 0 Å². The summed E-state index contributed by atoms with van der Waals surface area (Å²) in [5, 5.41) is 5.16. The topological polar surface area (TPSA) is 109 Å². The SMILES string of the molecule is COc1ccc(NS(=O)(=O)c2cccc(C(=O)NNC(=S)NCc3cccs3)c2)cc1. The minimum Gasteiger partial charge on any atom is -0.497 e. The molecule has 0 aliphatic rings. The minimum absolute atomic E-state index is 0.0469. The predicted molar refractivity (Wildman–Crippen MR) is 125 cm³/mol. The van der Waals surface area contributed by atoms with Crippen molar-refractivity contribution in [3.63, 3.8) is 0 Å². The van der Waals surface area contributed by atoms with E-state index in [1.54, 1.807) is 35.6 Å². The van der Waals surface area contributed by atoms with Crippen molar-refractivity contribution in [2.45, 2.75) is 11.4 Å². The van der Waals surface area contributed by atoms with E-state index in [0.29, 0.717) is 18.0 Å². The summed E-state index contributed by atoms with van der Waals surface area (Å²) in [6.45, 7) is 0.532. The summed E-state index contributed by atoms with van der Waals surface area (Å²) in [4.78, 5) is 13.5. The third-order valence-corrected chi connectivity index (χ3v) is 6.54. The van der Waals surface area contributed by atoms with Crippen molar-refractivity contribution in [1.29, 1.82) is 0 Å². The quantitative estimate of drug-likeness (QED) is 0.307. The molecule has 0 aliphatic heterocycles. The smallest absolute Gasteiger partial charge is 0.269 e. The summed E-state index contributed by atoms with van der Waals surface area (Å²) in [5.41, 5.74) is 5.59. The molecule has 0 saturated heterocycles. The number of anilines is 1. The average molecular weight is 477 g/mol. The molecule has 3 aromatic rings. The zero-order chi connectivity index (χ0) is 22.3. The lowest BCUT2D eigenvalue weighted by atomic mass is 10.2. The third kappa shape index (κ3) is 6.41. The lowest BCUT2D eigenvalue weighted by molar-refractivity contribution is 0.0943. The van der Waals surface area contributed by atoms with Crippen LogP contribution in [0.3, 0.4) is 0 Å². The van der Waals surface area contributed by atoms with Gasteiger partial charge in [0.25, 0.3) is 15.9 Å². The standard InChI is InChI=1S/C20H20N4O4S3/c1-28-16-9-7-15(8-10-16)24-31(26,27)18-6-2-4-14(12-18)19(25)22-23-20(29)21-13-17-5-3-11-30-17/h2-12,24H,13H2,1H3,(H,22,25)(H2,21,23,29). The summed E-state index contributed by atoms with van der Waals surface area (Å²) in [6, 6.07) is 16.0. The van der Waals surface area contributed by atoms with Crippen molar-refractivity contribution in [3.05, 3.63) is 76.5 Å². The molecule has 8 nitrogen and oxygen atoms in total. The van der Waals surface area contributed by atoms with Crippen LogP contribution in [0.1, 0.15) is 15.2 Å². The molecule has 0 atom stereocenters. The van der Waals surface area contributed by atoms with Gasteiger partial charge in [0.2, 0.25) is 0 Å². The van der Waals surface area contributed by atoms with Crippen molar-refractivity contribution < 1.29 is 17.9 Å². The maximum Gasteiger partial charge on any atom is 0.269 e. The molecule has 1 amide bonds. The first kappa shape index (κ1) is 22.5. The Bertz CT molecular complexity index is 1150. The number of rotatable bonds is 7. The van der Waals surface area contributed by atoms with Gasteiger partial charge in [-0.1, -0.05) is 12.1 Å². The van der Waals surface area contributed by atoms with Crippen LogP contribution < -0.4 is 25.6 Å². The number of hydrogen-bond acceptors (Lipinski definition) is 6. The van der Waals surface area contributed by atoms with Gasteiger partial charge in [0.05, 0.1) is 18.6 Å². The lowest BCUT2D eigenvalue weighted by Gasteiger charge is -2.12. The van der Waals surface area contributed by atoms with Gasteiger partial charge in [-0.3, -0.25) is 20.4 Å². The lowest BCUT2D eigenvalue weighted by Crippen LogP contribution is -2.46. The number of carbonyl (C=O) groups excluding carboxylic acids is 1. The fourth-order valence-corrected chi connectivity index (χ4v) is 4.36. The molecule has 1 aromatic heterocycles. The fraction of sp³-hybridized carbons (Fsp3) is 0.100. The second-order valence-electron chi connectivity index (χ2n) is 6.20. The Morgan fingerprint density at radius 1 is 1.06 bits per heavy atom. The first-order valence-corrected chi connectivity index (χ1v) is 11.8. The zero-order valence-electron chi connectivity index (χ0n) is 16.4. The number of carbonyl (C=O) groups is 1. The Kier molecular flexibility index (Phi) is 7.45. The van der Waals surface area contributed by atoms with E-state index in [0.717, 1.165) is 4.88 Å². The number of amides is 1. The van der Waals surface area contributed by atoms with Gasteiger partial charge in [0.15, 0.2) is 5.11 Å². The molecular weight excluding hydrogens is 456 g/mol. The van der Waals surface area contributed by atoms with Gasteiger partial charge in [0, 0.05) is 16.1 Å². The number of hydrazine groups is 1. The molecule has 0 spiro atoms. The van der Waals surface area contributed by atoms with Gasteiger partial charge in [-0.05, 0) is 66.1 Å². The van der Waals surface area contributed by atoms with Crippen molar-refractivity contribution in [3.8, 4) is 5.75 Å². The Labute approximate surface area is 189 Å². The first-order chi connectivity index (χ1) is 14.9. The number of sulfonamides is 1. The van der Waals surface area contributed by atoms with Crippen LogP contribution in [-0.2, 0) is 16.6 Å². The normalized spacial score (nSPS) is 10.7. The third-order valence-electron chi connectivity index (χ3n) is 4.04. The van der Waals surface area contributed by atoms with Crippen LogP contribution in [0.5, 0.6) is 5.75 Å². The molecule has 1 heterocycles. The largest absolute Gasteiger partial charge is 0.497 e. The number of nitrogens with one attached hydrogen (secondary N) is 4. The first-order valence-electron chi connectivity index (χ1n) is 9.01. The van der Waals surface area contributed by atoms with Crippen molar-refractivity contribution >= 4 is 50.3 Å². The number of hydrogen-bond donors (Lipinski definition) is 4. The van der Waals surface area contributed by atoms with E-state index in [1.165, 1.54) is 31.4 Å². The zero-order valence-corrected chi connectivity index (χ0v) is 18.9. The van der Waals surface area contributed by atoms with Crippen LogP contribution in [-0.4, -0.2) is 26.5 Å². The van der Waals surface area contributed by atoms with Gasteiger partial charge < -0.3 is 10.1 Å². The van der Waals surface area contributed by atoms with Gasteiger partial charge in [0.1, 0.15) is 5.75 Å². The molecule has 11 heteroatoms. The highest BCUT2D eigenvalue weighted by Crippen LogP contribution is 2.20. The monoisotopic (exact) mass is 476 g/mol. The van der Waals surface area contributed by atoms with E-state index in [-0.39, 0.29) is 15.6 Å². The molecule has 0 fully saturated rings. The van der Waals surface area contributed by atoms with Crippen LogP contribution in [0.4, 0.5) is 5.69 Å². The van der Waals surface area contributed by atoms with Crippen LogP contribution in [0.25, 0.3) is 0 Å². The molecule has 4 N–H and O–H groups in total. The van der Waals surface area contributed by atoms with E-state index >= 15 is 0 Å². The van der Waals surface area contributed by atoms with E-state index in [9.17, 15) is 13.2 Å². The minimum atomic E-state index is -3.88. The molecule has 0 bridgehead atoms. The fourth-order valence-electron chi connectivity index (χ4n) is 2.49. The summed E-state index contributed by atoms with van der Waals surface area (Å²) in [7, 11) is -2.36. The molecule has 0 unspecified atom stereocenters. The number of thiophene rings is 1. The number of methoxy groups -OCH3 is 1. The Hall–Kier alpha value is -3.15. The van der Waals surface area contributed by atoms with E-state index < -0.39 is 15.9 Å². The molecule has 2 aromatic carbocycles. The van der Waals surface area contributed by atoms with E-state index in [1.807, 2.05) is 17.5 Å². The second-order valence-corrected chi connectivity index (χ2v) is 9.33. The molecule has 0 saturated carbocycles. The van der Waals surface area contributed by atoms with Crippen LogP contribution in [0.2, 0.25) is 0 Å². The Morgan fingerprint density at radius 2 is 1.84 bits per heavy atom. The van der Waals surface area contributed by atoms with Crippen LogP contribution >= 0.6 is 23.6 Å². The van der Waals surface area contributed by atoms with E-state index in [4.69, 9.17) is 17.0 Å². The molecule has 0 aliphatic carbocycles. The number of ether oxygens (including phenoxy) is 1. The molecule has 31 heavy (non-hydrogen) atoms. The molecule has 0 radical (unpaired) electrons. The van der Waals surface area contributed by atoms with Gasteiger partial charge >= 0.3 is 0 Å². The summed E-state index contributed by atoms with van der Waals surface area (Å²) in [5.74, 6) is 0.0821. The highest BCUT2D eigenvalue weighted by atomic mass is 32.2. The van der Waals surface area contributed by atoms with Gasteiger partial charge in [-0.15, -0.1) is 11.3 Å². The number of benzene rings is 2. The maximum atomic E-state index is 12.7. The highest BCUT2D eigenvalue weighted by molar-refractivity contribution is 7.92. The molecule has 162 valence electrons. The molecule has 3 rings (SSSR count). The van der Waals surface area contributed by atoms with Crippen molar-refractivity contribution in [1.82, 2.24) is 16.2 Å². The Balaban J connectivity index is 1.60. The average Bonchev–Trinajstić information content (AvgIpc) is 3.30. The highest BCUT2D eigenvalue weighted by Gasteiger charge is 2.17. The van der Waals surface area contributed by atoms with Crippen molar-refractivity contribution in [2.75, 3.05) is 11.8 Å². The number of thiocarbonyl (C=S) groups is 1. The summed E-state index contributed by atoms with van der Waals surface area (Å²) < 4.78 is 32.9. The summed E-state index contributed by atoms with van der Waals surface area (Å²) >= 11 is 6.71. The van der Waals surface area contributed by atoms with Crippen LogP contribution in [0, 0.1) is 0 Å². The maximum absolute atomic E-state index is 12.7. The second kappa shape index (κ2) is 10.2. The van der Waals surface area contributed by atoms with Crippen LogP contribution in [0.15, 0.2) is 70.9 Å². The Morgan fingerprint density at radius 3 is 2.52 bits per heavy atom.